The van der Waals surface area contributed by atoms with Crippen molar-refractivity contribution in [2.24, 2.45) is 0 Å². The molecule has 2 atom stereocenters. The summed E-state index contributed by atoms with van der Waals surface area (Å²) in [6, 6.07) is 0.625. The lowest BCUT2D eigenvalue weighted by Gasteiger charge is -2.14. The van der Waals surface area contributed by atoms with Gasteiger partial charge in [-0.15, -0.1) is 0 Å². The Labute approximate surface area is 145 Å². The summed E-state index contributed by atoms with van der Waals surface area (Å²) in [5, 5.41) is 0. The smallest absolute Gasteiger partial charge is 0.247 e. The van der Waals surface area contributed by atoms with Crippen molar-refractivity contribution in [3.63, 3.8) is 0 Å². The van der Waals surface area contributed by atoms with Crippen LogP contribution in [0.15, 0.2) is 12.4 Å². The normalized spacial score (nSPS) is 14.1. The van der Waals surface area contributed by atoms with Crippen molar-refractivity contribution in [3.05, 3.63) is 18.2 Å². The Morgan fingerprint density at radius 1 is 0.826 bits per heavy atom. The number of rotatable bonds is 14. The van der Waals surface area contributed by atoms with E-state index in [4.69, 9.17) is 0 Å². The minimum Gasteiger partial charge on any atom is -0.247 e. The average Bonchev–Trinajstić information content (AvgIpc) is 3.04. The number of hydrogen-bond donors (Lipinski definition) is 1. The van der Waals surface area contributed by atoms with Gasteiger partial charge in [-0.2, -0.15) is 0 Å². The third-order valence-electron chi connectivity index (χ3n) is 5.15. The van der Waals surface area contributed by atoms with Crippen molar-refractivity contribution in [2.75, 3.05) is 0 Å². The number of nitrogens with zero attached hydrogens (tertiary/aromatic N) is 1. The van der Waals surface area contributed by atoms with Crippen molar-refractivity contribution >= 4 is 0 Å². The van der Waals surface area contributed by atoms with Crippen molar-refractivity contribution in [2.45, 2.75) is 117 Å². The first-order chi connectivity index (χ1) is 11.2. The van der Waals surface area contributed by atoms with Gasteiger partial charge < -0.3 is 0 Å². The number of aromatic amines is 1. The maximum Gasteiger partial charge on any atom is 0.257 e. The van der Waals surface area contributed by atoms with E-state index >= 15 is 0 Å². The number of imidazole rings is 1. The minimum atomic E-state index is 0.625. The SMILES string of the molecule is CCCCCCCC(C)c1[nH]cc[n+]1C(C)CCCCCCC. The maximum atomic E-state index is 3.51. The van der Waals surface area contributed by atoms with E-state index in [9.17, 15) is 0 Å². The van der Waals surface area contributed by atoms with Crippen LogP contribution in [0.25, 0.3) is 0 Å². The van der Waals surface area contributed by atoms with E-state index in [-0.39, 0.29) is 0 Å². The number of H-pyrrole nitrogens is 1. The Hall–Kier alpha value is -0.790. The highest BCUT2D eigenvalue weighted by Crippen LogP contribution is 2.20. The molecular formula is C21H41N2+. The average molecular weight is 322 g/mol. The maximum absolute atomic E-state index is 3.51. The van der Waals surface area contributed by atoms with Crippen LogP contribution >= 0.6 is 0 Å². The van der Waals surface area contributed by atoms with Crippen molar-refractivity contribution in [1.82, 2.24) is 4.98 Å². The van der Waals surface area contributed by atoms with Crippen molar-refractivity contribution < 1.29 is 4.57 Å². The lowest BCUT2D eigenvalue weighted by molar-refractivity contribution is -0.727. The van der Waals surface area contributed by atoms with E-state index < -0.39 is 0 Å². The van der Waals surface area contributed by atoms with Crippen molar-refractivity contribution in [1.29, 1.82) is 0 Å². The highest BCUT2D eigenvalue weighted by molar-refractivity contribution is 4.87. The molecular weight excluding hydrogens is 280 g/mol. The van der Waals surface area contributed by atoms with E-state index in [1.165, 1.54) is 82.9 Å². The molecule has 0 amide bonds. The fourth-order valence-electron chi connectivity index (χ4n) is 3.51. The van der Waals surface area contributed by atoms with Gasteiger partial charge in [-0.1, -0.05) is 78.6 Å². The van der Waals surface area contributed by atoms with E-state index in [2.05, 4.69) is 49.6 Å². The molecule has 0 bridgehead atoms. The van der Waals surface area contributed by atoms with Gasteiger partial charge in [0.15, 0.2) is 0 Å². The molecule has 1 rings (SSSR count). The van der Waals surface area contributed by atoms with Crippen LogP contribution in [0.5, 0.6) is 0 Å². The topological polar surface area (TPSA) is 19.7 Å². The molecule has 0 aliphatic rings. The monoisotopic (exact) mass is 321 g/mol. The van der Waals surface area contributed by atoms with Gasteiger partial charge in [0, 0.05) is 0 Å². The zero-order chi connectivity index (χ0) is 16.9. The largest absolute Gasteiger partial charge is 0.257 e. The van der Waals surface area contributed by atoms with Gasteiger partial charge in [0.05, 0.1) is 12.0 Å². The van der Waals surface area contributed by atoms with Crippen LogP contribution in [0.2, 0.25) is 0 Å². The first-order valence-electron chi connectivity index (χ1n) is 10.3. The molecule has 2 heteroatoms. The van der Waals surface area contributed by atoms with Gasteiger partial charge in [0.1, 0.15) is 12.4 Å². The quantitative estimate of drug-likeness (QED) is 0.291. The molecule has 0 aliphatic carbocycles. The standard InChI is InChI=1S/C21H40N2/c1-5-7-9-11-13-15-19(3)21-22-17-18-23(21)20(4)16-14-12-10-8-6-2/h17-20H,5-16H2,1-4H3/p+1. The van der Waals surface area contributed by atoms with Gasteiger partial charge in [0.25, 0.3) is 5.82 Å². The summed E-state index contributed by atoms with van der Waals surface area (Å²) in [6.07, 6.45) is 20.8. The second-order valence-corrected chi connectivity index (χ2v) is 7.41. The Bertz CT molecular complexity index is 348. The zero-order valence-electron chi connectivity index (χ0n) is 16.2. The van der Waals surface area contributed by atoms with E-state index in [0.717, 1.165) is 0 Å². The lowest BCUT2D eigenvalue weighted by atomic mass is 10.0. The van der Waals surface area contributed by atoms with Crippen LogP contribution in [0.3, 0.4) is 0 Å². The lowest BCUT2D eigenvalue weighted by Crippen LogP contribution is -2.40. The molecule has 0 saturated carbocycles. The summed E-state index contributed by atoms with van der Waals surface area (Å²) < 4.78 is 2.50. The summed E-state index contributed by atoms with van der Waals surface area (Å²) >= 11 is 0. The summed E-state index contributed by atoms with van der Waals surface area (Å²) in [7, 11) is 0. The van der Waals surface area contributed by atoms with E-state index in [1.807, 2.05) is 0 Å². The van der Waals surface area contributed by atoms with Crippen LogP contribution in [-0.4, -0.2) is 4.98 Å². The Morgan fingerprint density at radius 3 is 2.00 bits per heavy atom. The van der Waals surface area contributed by atoms with Gasteiger partial charge >= 0.3 is 0 Å². The predicted octanol–water partition coefficient (Wildman–Crippen LogP) is 6.69. The van der Waals surface area contributed by atoms with Crippen LogP contribution < -0.4 is 4.57 Å². The molecule has 134 valence electrons. The third-order valence-corrected chi connectivity index (χ3v) is 5.15. The predicted molar refractivity (Wildman–Crippen MR) is 101 cm³/mol. The highest BCUT2D eigenvalue weighted by Gasteiger charge is 2.21. The Kier molecular flexibility index (Phi) is 11.1. The molecule has 2 unspecified atom stereocenters. The fraction of sp³-hybridized carbons (Fsp3) is 0.857. The first kappa shape index (κ1) is 20.3. The zero-order valence-corrected chi connectivity index (χ0v) is 16.2. The second-order valence-electron chi connectivity index (χ2n) is 7.41. The minimum absolute atomic E-state index is 0.625. The van der Waals surface area contributed by atoms with E-state index in [1.54, 1.807) is 0 Å². The van der Waals surface area contributed by atoms with Gasteiger partial charge in [0.2, 0.25) is 0 Å². The van der Waals surface area contributed by atoms with E-state index in [0.29, 0.717) is 12.0 Å². The molecule has 1 heterocycles. The molecule has 0 aromatic carbocycles. The highest BCUT2D eigenvalue weighted by atomic mass is 15.1. The van der Waals surface area contributed by atoms with Crippen LogP contribution in [0.1, 0.15) is 123 Å². The molecule has 0 spiro atoms. The van der Waals surface area contributed by atoms with Crippen molar-refractivity contribution in [3.8, 4) is 0 Å². The Morgan fingerprint density at radius 2 is 1.39 bits per heavy atom. The second kappa shape index (κ2) is 12.6. The molecule has 1 aromatic heterocycles. The molecule has 0 radical (unpaired) electrons. The molecule has 23 heavy (non-hydrogen) atoms. The molecule has 1 aromatic rings. The van der Waals surface area contributed by atoms with Crippen LogP contribution in [0, 0.1) is 0 Å². The first-order valence-corrected chi connectivity index (χ1v) is 10.3. The number of nitrogens with one attached hydrogen (secondary N) is 1. The summed E-state index contributed by atoms with van der Waals surface area (Å²) in [5.41, 5.74) is 0. The molecule has 0 fully saturated rings. The molecule has 2 nitrogen and oxygen atoms in total. The van der Waals surface area contributed by atoms with Gasteiger partial charge in [-0.25, -0.2) is 9.55 Å². The number of unbranched alkanes of at least 4 members (excludes halogenated alkanes) is 8. The third kappa shape index (κ3) is 8.04. The van der Waals surface area contributed by atoms with Gasteiger partial charge in [-0.3, -0.25) is 0 Å². The molecule has 0 saturated heterocycles. The fourth-order valence-corrected chi connectivity index (χ4v) is 3.51. The molecule has 0 aliphatic heterocycles. The molecule has 1 N–H and O–H groups in total. The number of hydrogen-bond acceptors (Lipinski definition) is 0. The van der Waals surface area contributed by atoms with Gasteiger partial charge in [-0.05, 0) is 26.2 Å². The Balaban J connectivity index is 2.35. The summed E-state index contributed by atoms with van der Waals surface area (Å²) in [5.74, 6) is 2.08. The summed E-state index contributed by atoms with van der Waals surface area (Å²) in [6.45, 7) is 9.34. The number of aromatic nitrogens is 2. The summed E-state index contributed by atoms with van der Waals surface area (Å²) in [4.78, 5) is 3.51. The van der Waals surface area contributed by atoms with Crippen LogP contribution in [-0.2, 0) is 0 Å². The van der Waals surface area contributed by atoms with Crippen LogP contribution in [0.4, 0.5) is 0 Å².